The van der Waals surface area contributed by atoms with Crippen LogP contribution in [0.1, 0.15) is 37.5 Å². The first kappa shape index (κ1) is 12.9. The molecule has 19 heavy (non-hydrogen) atoms. The fourth-order valence-electron chi connectivity index (χ4n) is 3.05. The summed E-state index contributed by atoms with van der Waals surface area (Å²) in [6, 6.07) is 8.65. The number of rotatable bonds is 2. The molecule has 2 aromatic rings. The lowest BCUT2D eigenvalue weighted by Gasteiger charge is -2.36. The van der Waals surface area contributed by atoms with Crippen molar-refractivity contribution in [1.29, 1.82) is 0 Å². The van der Waals surface area contributed by atoms with Gasteiger partial charge in [0, 0.05) is 20.5 Å². The van der Waals surface area contributed by atoms with Gasteiger partial charge in [0.15, 0.2) is 0 Å². The highest BCUT2D eigenvalue weighted by molar-refractivity contribution is 7.19. The SMILES string of the molecule is COc1cccc2sc(C3CCNC(C)(C)C3)cc12. The summed E-state index contributed by atoms with van der Waals surface area (Å²) in [5.74, 6) is 1.67. The van der Waals surface area contributed by atoms with Gasteiger partial charge in [-0.05, 0) is 57.4 Å². The zero-order valence-corrected chi connectivity index (χ0v) is 12.6. The highest BCUT2D eigenvalue weighted by Gasteiger charge is 2.29. The van der Waals surface area contributed by atoms with Crippen molar-refractivity contribution in [2.75, 3.05) is 13.7 Å². The van der Waals surface area contributed by atoms with Gasteiger partial charge in [-0.15, -0.1) is 11.3 Å². The maximum Gasteiger partial charge on any atom is 0.127 e. The summed E-state index contributed by atoms with van der Waals surface area (Å²) in [5.41, 5.74) is 0.253. The molecule has 2 nitrogen and oxygen atoms in total. The van der Waals surface area contributed by atoms with Crippen molar-refractivity contribution in [2.45, 2.75) is 38.1 Å². The maximum absolute atomic E-state index is 5.46. The molecule has 0 aliphatic carbocycles. The Balaban J connectivity index is 1.97. The Labute approximate surface area is 118 Å². The van der Waals surface area contributed by atoms with Crippen molar-refractivity contribution >= 4 is 21.4 Å². The summed E-state index contributed by atoms with van der Waals surface area (Å²) < 4.78 is 6.80. The van der Waals surface area contributed by atoms with Gasteiger partial charge in [-0.2, -0.15) is 0 Å². The van der Waals surface area contributed by atoms with E-state index < -0.39 is 0 Å². The maximum atomic E-state index is 5.46. The zero-order chi connectivity index (χ0) is 13.5. The van der Waals surface area contributed by atoms with E-state index in [2.05, 4.69) is 37.4 Å². The molecule has 1 aromatic heterocycles. The first-order chi connectivity index (χ1) is 9.09. The number of piperidine rings is 1. The van der Waals surface area contributed by atoms with Crippen LogP contribution in [0.2, 0.25) is 0 Å². The van der Waals surface area contributed by atoms with Crippen LogP contribution in [-0.4, -0.2) is 19.2 Å². The van der Waals surface area contributed by atoms with E-state index in [9.17, 15) is 0 Å². The average Bonchev–Trinajstić information content (AvgIpc) is 2.81. The Morgan fingerprint density at radius 1 is 1.37 bits per heavy atom. The van der Waals surface area contributed by atoms with Gasteiger partial charge in [0.1, 0.15) is 5.75 Å². The van der Waals surface area contributed by atoms with E-state index in [1.165, 1.54) is 27.8 Å². The van der Waals surface area contributed by atoms with Crippen molar-refractivity contribution < 1.29 is 4.74 Å². The molecular formula is C16H21NOS. The van der Waals surface area contributed by atoms with Crippen LogP contribution in [-0.2, 0) is 0 Å². The van der Waals surface area contributed by atoms with Crippen molar-refractivity contribution in [1.82, 2.24) is 5.32 Å². The van der Waals surface area contributed by atoms with Crippen molar-refractivity contribution in [2.24, 2.45) is 0 Å². The summed E-state index contributed by atoms with van der Waals surface area (Å²) in [6.07, 6.45) is 2.45. The summed E-state index contributed by atoms with van der Waals surface area (Å²) in [4.78, 5) is 1.51. The molecular weight excluding hydrogens is 254 g/mol. The number of nitrogens with one attached hydrogen (secondary N) is 1. The fourth-order valence-corrected chi connectivity index (χ4v) is 4.27. The summed E-state index contributed by atoms with van der Waals surface area (Å²) in [7, 11) is 1.75. The molecule has 2 heterocycles. The van der Waals surface area contributed by atoms with E-state index in [1.807, 2.05) is 17.4 Å². The monoisotopic (exact) mass is 275 g/mol. The molecule has 1 atom stereocenters. The van der Waals surface area contributed by atoms with Crippen LogP contribution in [0.4, 0.5) is 0 Å². The Kier molecular flexibility index (Phi) is 3.27. The van der Waals surface area contributed by atoms with Crippen LogP contribution in [0.5, 0.6) is 5.75 Å². The number of benzene rings is 1. The molecule has 1 N–H and O–H groups in total. The third kappa shape index (κ3) is 2.49. The van der Waals surface area contributed by atoms with Crippen LogP contribution in [0, 0.1) is 0 Å². The molecule has 0 bridgehead atoms. The highest BCUT2D eigenvalue weighted by atomic mass is 32.1. The molecule has 0 amide bonds. The number of fused-ring (bicyclic) bond motifs is 1. The largest absolute Gasteiger partial charge is 0.496 e. The van der Waals surface area contributed by atoms with Gasteiger partial charge in [0.25, 0.3) is 0 Å². The molecule has 3 heteroatoms. The summed E-state index contributed by atoms with van der Waals surface area (Å²) >= 11 is 1.93. The molecule has 0 radical (unpaired) electrons. The zero-order valence-electron chi connectivity index (χ0n) is 11.8. The number of methoxy groups -OCH3 is 1. The minimum Gasteiger partial charge on any atom is -0.496 e. The number of hydrogen-bond donors (Lipinski definition) is 1. The minimum absolute atomic E-state index is 0.253. The van der Waals surface area contributed by atoms with E-state index in [0.29, 0.717) is 5.92 Å². The average molecular weight is 275 g/mol. The highest BCUT2D eigenvalue weighted by Crippen LogP contribution is 2.40. The van der Waals surface area contributed by atoms with Crippen LogP contribution >= 0.6 is 11.3 Å². The molecule has 1 aliphatic rings. The lowest BCUT2D eigenvalue weighted by molar-refractivity contribution is 0.277. The third-order valence-corrected chi connectivity index (χ3v) is 5.28. The molecule has 1 aromatic carbocycles. The second kappa shape index (κ2) is 4.80. The minimum atomic E-state index is 0.253. The topological polar surface area (TPSA) is 21.3 Å². The first-order valence-electron chi connectivity index (χ1n) is 6.90. The molecule has 1 unspecified atom stereocenters. The van der Waals surface area contributed by atoms with Gasteiger partial charge in [0.05, 0.1) is 7.11 Å². The second-order valence-corrected chi connectivity index (χ2v) is 7.14. The first-order valence-corrected chi connectivity index (χ1v) is 7.72. The number of thiophene rings is 1. The molecule has 3 rings (SSSR count). The second-order valence-electron chi connectivity index (χ2n) is 6.02. The van der Waals surface area contributed by atoms with Crippen molar-refractivity contribution in [3.8, 4) is 5.75 Å². The smallest absolute Gasteiger partial charge is 0.127 e. The van der Waals surface area contributed by atoms with Gasteiger partial charge in [-0.25, -0.2) is 0 Å². The number of hydrogen-bond acceptors (Lipinski definition) is 3. The quantitative estimate of drug-likeness (QED) is 0.888. The Bertz CT molecular complexity index is 587. The van der Waals surface area contributed by atoms with Gasteiger partial charge < -0.3 is 10.1 Å². The van der Waals surface area contributed by atoms with Crippen molar-refractivity contribution in [3.05, 3.63) is 29.1 Å². The van der Waals surface area contributed by atoms with Gasteiger partial charge >= 0.3 is 0 Å². The third-order valence-electron chi connectivity index (χ3n) is 4.02. The standard InChI is InChI=1S/C16H21NOS/c1-16(2)10-11(7-8-17-16)15-9-12-13(18-3)5-4-6-14(12)19-15/h4-6,9,11,17H,7-8,10H2,1-3H3. The van der Waals surface area contributed by atoms with Crippen LogP contribution in [0.3, 0.4) is 0 Å². The molecule has 1 fully saturated rings. The molecule has 0 spiro atoms. The van der Waals surface area contributed by atoms with E-state index in [4.69, 9.17) is 4.74 Å². The van der Waals surface area contributed by atoms with E-state index in [0.717, 1.165) is 12.3 Å². The lowest BCUT2D eigenvalue weighted by Crippen LogP contribution is -2.45. The number of ether oxygens (including phenoxy) is 1. The van der Waals surface area contributed by atoms with Crippen LogP contribution in [0.25, 0.3) is 10.1 Å². The van der Waals surface area contributed by atoms with Crippen molar-refractivity contribution in [3.63, 3.8) is 0 Å². The normalized spacial score (nSPS) is 22.6. The lowest BCUT2D eigenvalue weighted by atomic mass is 9.84. The van der Waals surface area contributed by atoms with Crippen LogP contribution < -0.4 is 10.1 Å². The molecule has 1 saturated heterocycles. The Morgan fingerprint density at radius 2 is 2.21 bits per heavy atom. The molecule has 0 saturated carbocycles. The van der Waals surface area contributed by atoms with E-state index >= 15 is 0 Å². The van der Waals surface area contributed by atoms with E-state index in [-0.39, 0.29) is 5.54 Å². The van der Waals surface area contributed by atoms with Gasteiger partial charge in [-0.1, -0.05) is 6.07 Å². The van der Waals surface area contributed by atoms with Crippen LogP contribution in [0.15, 0.2) is 24.3 Å². The predicted octanol–water partition coefficient (Wildman–Crippen LogP) is 4.16. The predicted molar refractivity (Wildman–Crippen MR) is 82.4 cm³/mol. The molecule has 102 valence electrons. The fraction of sp³-hybridized carbons (Fsp3) is 0.500. The van der Waals surface area contributed by atoms with Gasteiger partial charge in [-0.3, -0.25) is 0 Å². The summed E-state index contributed by atoms with van der Waals surface area (Å²) in [5, 5.41) is 4.86. The van der Waals surface area contributed by atoms with E-state index in [1.54, 1.807) is 7.11 Å². The Hall–Kier alpha value is -1.06. The van der Waals surface area contributed by atoms with Gasteiger partial charge in [0.2, 0.25) is 0 Å². The summed E-state index contributed by atoms with van der Waals surface area (Å²) in [6.45, 7) is 5.71. The Morgan fingerprint density at radius 3 is 2.95 bits per heavy atom. The molecule has 1 aliphatic heterocycles.